The Hall–Kier alpha value is -3.15. The van der Waals surface area contributed by atoms with Crippen molar-refractivity contribution < 1.29 is 13.6 Å². The molecular formula is C23H22FN3O2. The van der Waals surface area contributed by atoms with E-state index in [-0.39, 0.29) is 29.6 Å². The molecule has 0 aliphatic heterocycles. The first-order valence-corrected chi connectivity index (χ1v) is 10.1. The van der Waals surface area contributed by atoms with Crippen molar-refractivity contribution in [3.63, 3.8) is 0 Å². The van der Waals surface area contributed by atoms with Crippen LogP contribution in [0, 0.1) is 11.7 Å². The molecule has 2 heterocycles. The third-order valence-corrected chi connectivity index (χ3v) is 5.62. The van der Waals surface area contributed by atoms with Crippen molar-refractivity contribution in [1.82, 2.24) is 15.3 Å². The predicted molar refractivity (Wildman–Crippen MR) is 109 cm³/mol. The van der Waals surface area contributed by atoms with Crippen LogP contribution in [-0.4, -0.2) is 15.9 Å². The molecular weight excluding hydrogens is 369 g/mol. The van der Waals surface area contributed by atoms with Crippen molar-refractivity contribution >= 4 is 27.9 Å². The quantitative estimate of drug-likeness (QED) is 0.474. The Balaban J connectivity index is 1.32. The van der Waals surface area contributed by atoms with E-state index in [0.717, 1.165) is 36.1 Å². The number of aromatic amines is 1. The van der Waals surface area contributed by atoms with Crippen LogP contribution < -0.4 is 5.32 Å². The molecule has 2 aromatic carbocycles. The van der Waals surface area contributed by atoms with Gasteiger partial charge in [0.25, 0.3) is 0 Å². The maximum absolute atomic E-state index is 13.5. The zero-order valence-corrected chi connectivity index (χ0v) is 16.1. The molecule has 29 heavy (non-hydrogen) atoms. The van der Waals surface area contributed by atoms with E-state index in [1.807, 2.05) is 30.3 Å². The van der Waals surface area contributed by atoms with E-state index in [2.05, 4.69) is 22.2 Å². The number of carbonyl (C=O) groups is 1. The van der Waals surface area contributed by atoms with Gasteiger partial charge in [0.2, 0.25) is 5.91 Å². The smallest absolute Gasteiger partial charge is 0.224 e. The van der Waals surface area contributed by atoms with Crippen molar-refractivity contribution in [3.8, 4) is 0 Å². The average Bonchev–Trinajstić information content (AvgIpc) is 3.22. The number of imidazole rings is 1. The monoisotopic (exact) mass is 391 g/mol. The van der Waals surface area contributed by atoms with Crippen LogP contribution in [0.5, 0.6) is 0 Å². The SMILES string of the molecule is CCC[C@@H](NC(=O)[C@H]1C[C@@H]1c1nc2ccccc2[nH]1)c1cc2cc(F)ccc2o1. The van der Waals surface area contributed by atoms with Gasteiger partial charge in [-0.15, -0.1) is 0 Å². The minimum atomic E-state index is -0.299. The lowest BCUT2D eigenvalue weighted by molar-refractivity contribution is -0.123. The van der Waals surface area contributed by atoms with Crippen molar-refractivity contribution in [2.75, 3.05) is 0 Å². The Bertz CT molecular complexity index is 1160. The molecule has 0 spiro atoms. The Morgan fingerprint density at radius 2 is 2.17 bits per heavy atom. The highest BCUT2D eigenvalue weighted by Gasteiger charge is 2.46. The van der Waals surface area contributed by atoms with E-state index >= 15 is 0 Å². The molecule has 0 saturated heterocycles. The maximum Gasteiger partial charge on any atom is 0.224 e. The summed E-state index contributed by atoms with van der Waals surface area (Å²) in [5.41, 5.74) is 2.54. The second-order valence-electron chi connectivity index (χ2n) is 7.77. The van der Waals surface area contributed by atoms with Gasteiger partial charge in [-0.1, -0.05) is 25.5 Å². The summed E-state index contributed by atoms with van der Waals surface area (Å²) in [5, 5.41) is 3.85. The average molecular weight is 391 g/mol. The van der Waals surface area contributed by atoms with Crippen LogP contribution in [0.25, 0.3) is 22.0 Å². The molecule has 5 nitrogen and oxygen atoms in total. The summed E-state index contributed by atoms with van der Waals surface area (Å²) in [7, 11) is 0. The molecule has 1 aliphatic carbocycles. The highest BCUT2D eigenvalue weighted by Crippen LogP contribution is 2.47. The van der Waals surface area contributed by atoms with E-state index in [4.69, 9.17) is 4.42 Å². The van der Waals surface area contributed by atoms with Crippen molar-refractivity contribution in [2.45, 2.75) is 38.1 Å². The minimum absolute atomic E-state index is 0.0144. The summed E-state index contributed by atoms with van der Waals surface area (Å²) >= 11 is 0. The standard InChI is InChI=1S/C23H22FN3O2/c1-2-5-19(21-11-13-10-14(24)8-9-20(13)29-21)27-23(28)16-12-15(16)22-25-17-6-3-4-7-18(17)26-22/h3-4,6-11,15-16,19H,2,5,12H2,1H3,(H,25,26)(H,27,28)/t15-,16-,19+/m0/s1. The molecule has 3 atom stereocenters. The number of fused-ring (bicyclic) bond motifs is 2. The summed E-state index contributed by atoms with van der Waals surface area (Å²) in [6.45, 7) is 2.07. The Morgan fingerprint density at radius 1 is 1.31 bits per heavy atom. The fourth-order valence-electron chi connectivity index (χ4n) is 3.99. The van der Waals surface area contributed by atoms with Crippen LogP contribution in [0.15, 0.2) is 52.9 Å². The normalized spacial score (nSPS) is 19.5. The number of benzene rings is 2. The lowest BCUT2D eigenvalue weighted by atomic mass is 10.1. The van der Waals surface area contributed by atoms with Gasteiger partial charge in [0.1, 0.15) is 23.0 Å². The van der Waals surface area contributed by atoms with Crippen molar-refractivity contribution in [3.05, 3.63) is 65.9 Å². The summed E-state index contributed by atoms with van der Waals surface area (Å²) in [6, 6.07) is 13.9. The number of H-pyrrole nitrogens is 1. The fourth-order valence-corrected chi connectivity index (χ4v) is 3.99. The number of rotatable bonds is 6. The zero-order chi connectivity index (χ0) is 20.0. The van der Waals surface area contributed by atoms with Gasteiger partial charge in [0, 0.05) is 17.2 Å². The van der Waals surface area contributed by atoms with E-state index in [1.165, 1.54) is 12.1 Å². The number of nitrogens with zero attached hydrogens (tertiary/aromatic N) is 1. The number of carbonyl (C=O) groups excluding carboxylic acids is 1. The molecule has 1 aliphatic rings. The second kappa shape index (κ2) is 7.03. The lowest BCUT2D eigenvalue weighted by Gasteiger charge is -2.15. The first-order valence-electron chi connectivity index (χ1n) is 10.1. The predicted octanol–water partition coefficient (Wildman–Crippen LogP) is 5.21. The fraction of sp³-hybridized carbons (Fsp3) is 0.304. The van der Waals surface area contributed by atoms with Crippen LogP contribution in [0.4, 0.5) is 4.39 Å². The number of aromatic nitrogens is 2. The largest absolute Gasteiger partial charge is 0.459 e. The van der Waals surface area contributed by atoms with Gasteiger partial charge in [-0.05, 0) is 49.2 Å². The lowest BCUT2D eigenvalue weighted by Crippen LogP contribution is -2.30. The molecule has 1 fully saturated rings. The van der Waals surface area contributed by atoms with Crippen molar-refractivity contribution in [2.24, 2.45) is 5.92 Å². The van der Waals surface area contributed by atoms with Gasteiger partial charge < -0.3 is 14.7 Å². The van der Waals surface area contributed by atoms with Gasteiger partial charge in [0.15, 0.2) is 0 Å². The van der Waals surface area contributed by atoms with E-state index in [9.17, 15) is 9.18 Å². The molecule has 0 unspecified atom stereocenters. The Labute approximate surface area is 167 Å². The number of hydrogen-bond acceptors (Lipinski definition) is 3. The number of amides is 1. The van der Waals surface area contributed by atoms with Crippen LogP contribution in [-0.2, 0) is 4.79 Å². The van der Waals surface area contributed by atoms with Crippen LogP contribution in [0.1, 0.15) is 49.7 Å². The van der Waals surface area contributed by atoms with E-state index < -0.39 is 0 Å². The molecule has 2 aromatic heterocycles. The molecule has 148 valence electrons. The minimum Gasteiger partial charge on any atom is -0.459 e. The van der Waals surface area contributed by atoms with Gasteiger partial charge in [0.05, 0.1) is 17.1 Å². The second-order valence-corrected chi connectivity index (χ2v) is 7.77. The number of nitrogens with one attached hydrogen (secondary N) is 2. The summed E-state index contributed by atoms with van der Waals surface area (Å²) in [4.78, 5) is 20.8. The molecule has 0 radical (unpaired) electrons. The topological polar surface area (TPSA) is 70.9 Å². The first-order chi connectivity index (χ1) is 14.1. The van der Waals surface area contributed by atoms with E-state index in [0.29, 0.717) is 16.7 Å². The summed E-state index contributed by atoms with van der Waals surface area (Å²) in [6.07, 6.45) is 2.44. The molecule has 0 bridgehead atoms. The molecule has 4 aromatic rings. The third kappa shape index (κ3) is 3.39. The number of para-hydroxylation sites is 2. The highest BCUT2D eigenvalue weighted by molar-refractivity contribution is 5.84. The molecule has 1 amide bonds. The van der Waals surface area contributed by atoms with Gasteiger partial charge in [-0.2, -0.15) is 0 Å². The zero-order valence-electron chi connectivity index (χ0n) is 16.1. The summed E-state index contributed by atoms with van der Waals surface area (Å²) < 4.78 is 19.4. The Kier molecular flexibility index (Phi) is 4.34. The van der Waals surface area contributed by atoms with Crippen LogP contribution in [0.3, 0.4) is 0 Å². The van der Waals surface area contributed by atoms with Crippen LogP contribution in [0.2, 0.25) is 0 Å². The van der Waals surface area contributed by atoms with Gasteiger partial charge in [-0.3, -0.25) is 4.79 Å². The number of hydrogen-bond donors (Lipinski definition) is 2. The first kappa shape index (κ1) is 17.9. The summed E-state index contributed by atoms with van der Waals surface area (Å²) in [5.74, 6) is 1.29. The van der Waals surface area contributed by atoms with E-state index in [1.54, 1.807) is 6.07 Å². The highest BCUT2D eigenvalue weighted by atomic mass is 19.1. The van der Waals surface area contributed by atoms with Gasteiger partial charge >= 0.3 is 0 Å². The molecule has 6 heteroatoms. The number of halogens is 1. The van der Waals surface area contributed by atoms with Crippen LogP contribution >= 0.6 is 0 Å². The van der Waals surface area contributed by atoms with Gasteiger partial charge in [-0.25, -0.2) is 9.37 Å². The third-order valence-electron chi connectivity index (χ3n) is 5.62. The number of furan rings is 1. The molecule has 2 N–H and O–H groups in total. The maximum atomic E-state index is 13.5. The molecule has 1 saturated carbocycles. The Morgan fingerprint density at radius 3 is 3.00 bits per heavy atom. The van der Waals surface area contributed by atoms with Crippen molar-refractivity contribution in [1.29, 1.82) is 0 Å². The molecule has 5 rings (SSSR count).